The second kappa shape index (κ2) is 2.33. The van der Waals surface area contributed by atoms with Gasteiger partial charge in [-0.05, 0) is 0 Å². The maximum absolute atomic E-state index is 10.4. The Bertz CT molecular complexity index is 176. The molecular weight excluding hydrogens is 130 g/mol. The minimum absolute atomic E-state index is 0.148. The fourth-order valence-electron chi connectivity index (χ4n) is 0.836. The largest absolute Gasteiger partial charge is 0.441 e. The van der Waals surface area contributed by atoms with E-state index in [1.54, 1.807) is 0 Å². The average molecular weight is 141 g/mol. The standard InChI is InChI=1S/C7H11NO2/c1-4-5(2)8-7(4)10-6(3)9/h4,7-8H,2H2,1,3H3. The number of ether oxygens (including phenoxy) is 1. The Hall–Kier alpha value is -0.990. The number of hydrogen-bond acceptors (Lipinski definition) is 3. The Kier molecular flexibility index (Phi) is 1.66. The smallest absolute Gasteiger partial charge is 0.304 e. The van der Waals surface area contributed by atoms with Crippen molar-refractivity contribution < 1.29 is 9.53 Å². The maximum Gasteiger partial charge on any atom is 0.304 e. The molecule has 2 unspecified atom stereocenters. The van der Waals surface area contributed by atoms with Crippen LogP contribution in [-0.2, 0) is 9.53 Å². The van der Waals surface area contributed by atoms with E-state index in [0.717, 1.165) is 5.70 Å². The highest BCUT2D eigenvalue weighted by Gasteiger charge is 2.32. The van der Waals surface area contributed by atoms with Crippen LogP contribution in [0.2, 0.25) is 0 Å². The summed E-state index contributed by atoms with van der Waals surface area (Å²) in [7, 11) is 0. The summed E-state index contributed by atoms with van der Waals surface area (Å²) in [5, 5.41) is 2.89. The van der Waals surface area contributed by atoms with Crippen LogP contribution in [0.25, 0.3) is 0 Å². The average Bonchev–Trinajstić information content (AvgIpc) is 1.86. The molecule has 0 aromatic heterocycles. The first kappa shape index (κ1) is 7.12. The molecule has 0 aliphatic carbocycles. The molecule has 0 bridgehead atoms. The highest BCUT2D eigenvalue weighted by molar-refractivity contribution is 5.66. The van der Waals surface area contributed by atoms with Crippen molar-refractivity contribution in [1.82, 2.24) is 5.32 Å². The fourth-order valence-corrected chi connectivity index (χ4v) is 0.836. The molecule has 10 heavy (non-hydrogen) atoms. The lowest BCUT2D eigenvalue weighted by atomic mass is 9.99. The topological polar surface area (TPSA) is 38.3 Å². The summed E-state index contributed by atoms with van der Waals surface area (Å²) in [6.45, 7) is 7.06. The van der Waals surface area contributed by atoms with Crippen LogP contribution in [0.3, 0.4) is 0 Å². The van der Waals surface area contributed by atoms with Gasteiger partial charge in [-0.2, -0.15) is 0 Å². The first-order valence-corrected chi connectivity index (χ1v) is 3.24. The van der Waals surface area contributed by atoms with E-state index in [9.17, 15) is 4.79 Å². The molecule has 0 aromatic rings. The van der Waals surface area contributed by atoms with Crippen molar-refractivity contribution in [3.8, 4) is 0 Å². The van der Waals surface area contributed by atoms with Gasteiger partial charge in [-0.3, -0.25) is 4.79 Å². The third-order valence-corrected chi connectivity index (χ3v) is 1.62. The summed E-state index contributed by atoms with van der Waals surface area (Å²) in [5.74, 6) is 0.000694. The quantitative estimate of drug-likeness (QED) is 0.544. The van der Waals surface area contributed by atoms with Gasteiger partial charge in [0.2, 0.25) is 0 Å². The van der Waals surface area contributed by atoms with Gasteiger partial charge in [-0.1, -0.05) is 13.5 Å². The minimum atomic E-state index is -0.253. The summed E-state index contributed by atoms with van der Waals surface area (Å²) in [6, 6.07) is 0. The van der Waals surface area contributed by atoms with Crippen molar-refractivity contribution in [2.75, 3.05) is 0 Å². The minimum Gasteiger partial charge on any atom is -0.441 e. The molecule has 1 rings (SSSR count). The Balaban J connectivity index is 2.34. The van der Waals surface area contributed by atoms with Crippen LogP contribution in [-0.4, -0.2) is 12.2 Å². The molecule has 3 nitrogen and oxygen atoms in total. The Morgan fingerprint density at radius 3 is 2.70 bits per heavy atom. The van der Waals surface area contributed by atoms with Crippen molar-refractivity contribution in [1.29, 1.82) is 0 Å². The first-order chi connectivity index (χ1) is 4.61. The number of nitrogens with one attached hydrogen (secondary N) is 1. The molecule has 0 aromatic carbocycles. The van der Waals surface area contributed by atoms with Crippen LogP contribution in [0.4, 0.5) is 0 Å². The molecule has 1 aliphatic heterocycles. The lowest BCUT2D eigenvalue weighted by Gasteiger charge is -2.37. The molecule has 1 N–H and O–H groups in total. The molecule has 0 saturated carbocycles. The van der Waals surface area contributed by atoms with E-state index in [1.165, 1.54) is 6.92 Å². The van der Waals surface area contributed by atoms with E-state index in [1.807, 2.05) is 6.92 Å². The summed E-state index contributed by atoms with van der Waals surface area (Å²) in [6.07, 6.45) is -0.148. The molecule has 1 fully saturated rings. The molecule has 1 aliphatic rings. The molecule has 0 amide bonds. The Morgan fingerprint density at radius 1 is 1.80 bits per heavy atom. The molecule has 1 saturated heterocycles. The van der Waals surface area contributed by atoms with E-state index in [2.05, 4.69) is 11.9 Å². The lowest BCUT2D eigenvalue weighted by molar-refractivity contribution is -0.153. The molecule has 0 radical (unpaired) electrons. The van der Waals surface area contributed by atoms with Gasteiger partial charge in [-0.25, -0.2) is 0 Å². The van der Waals surface area contributed by atoms with Crippen LogP contribution in [0, 0.1) is 5.92 Å². The van der Waals surface area contributed by atoms with Crippen molar-refractivity contribution in [2.45, 2.75) is 20.1 Å². The van der Waals surface area contributed by atoms with E-state index >= 15 is 0 Å². The van der Waals surface area contributed by atoms with Crippen molar-refractivity contribution >= 4 is 5.97 Å². The zero-order valence-corrected chi connectivity index (χ0v) is 6.18. The summed E-state index contributed by atoms with van der Waals surface area (Å²) in [5.41, 5.74) is 0.936. The maximum atomic E-state index is 10.4. The molecular formula is C7H11NO2. The zero-order chi connectivity index (χ0) is 7.72. The third kappa shape index (κ3) is 1.12. The van der Waals surface area contributed by atoms with Crippen LogP contribution < -0.4 is 5.32 Å². The van der Waals surface area contributed by atoms with Gasteiger partial charge in [0.15, 0.2) is 6.23 Å². The Labute approximate surface area is 60.1 Å². The molecule has 56 valence electrons. The van der Waals surface area contributed by atoms with Crippen LogP contribution in [0.5, 0.6) is 0 Å². The number of hydrogen-bond donors (Lipinski definition) is 1. The highest BCUT2D eigenvalue weighted by Crippen LogP contribution is 2.22. The third-order valence-electron chi connectivity index (χ3n) is 1.62. The van der Waals surface area contributed by atoms with Gasteiger partial charge in [-0.15, -0.1) is 0 Å². The zero-order valence-electron chi connectivity index (χ0n) is 6.18. The van der Waals surface area contributed by atoms with Gasteiger partial charge in [0, 0.05) is 12.6 Å². The van der Waals surface area contributed by atoms with Gasteiger partial charge >= 0.3 is 5.97 Å². The van der Waals surface area contributed by atoms with Gasteiger partial charge in [0.1, 0.15) is 0 Å². The molecule has 3 heteroatoms. The number of carbonyl (C=O) groups is 1. The summed E-state index contributed by atoms with van der Waals surface area (Å²) in [4.78, 5) is 10.4. The SMILES string of the molecule is C=C1NC(OC(C)=O)C1C. The second-order valence-corrected chi connectivity index (χ2v) is 2.49. The predicted molar refractivity (Wildman–Crippen MR) is 37.0 cm³/mol. The van der Waals surface area contributed by atoms with Gasteiger partial charge < -0.3 is 10.1 Å². The first-order valence-electron chi connectivity index (χ1n) is 3.24. The van der Waals surface area contributed by atoms with Gasteiger partial charge in [0.25, 0.3) is 0 Å². The molecule has 1 heterocycles. The van der Waals surface area contributed by atoms with E-state index in [4.69, 9.17) is 4.74 Å². The summed E-state index contributed by atoms with van der Waals surface area (Å²) < 4.78 is 4.86. The molecule has 2 atom stereocenters. The van der Waals surface area contributed by atoms with E-state index in [-0.39, 0.29) is 18.1 Å². The highest BCUT2D eigenvalue weighted by atomic mass is 16.6. The van der Waals surface area contributed by atoms with Crippen molar-refractivity contribution in [3.05, 3.63) is 12.3 Å². The second-order valence-electron chi connectivity index (χ2n) is 2.49. The van der Waals surface area contributed by atoms with Crippen LogP contribution >= 0.6 is 0 Å². The van der Waals surface area contributed by atoms with Crippen LogP contribution in [0.1, 0.15) is 13.8 Å². The fraction of sp³-hybridized carbons (Fsp3) is 0.571. The Morgan fingerprint density at radius 2 is 2.40 bits per heavy atom. The van der Waals surface area contributed by atoms with E-state index in [0.29, 0.717) is 0 Å². The predicted octanol–water partition coefficient (Wildman–Crippen LogP) is 0.629. The summed E-state index contributed by atoms with van der Waals surface area (Å²) >= 11 is 0. The number of esters is 1. The normalized spacial score (nSPS) is 30.4. The van der Waals surface area contributed by atoms with Crippen molar-refractivity contribution in [2.24, 2.45) is 5.92 Å². The van der Waals surface area contributed by atoms with Crippen molar-refractivity contribution in [3.63, 3.8) is 0 Å². The number of carbonyl (C=O) groups excluding carboxylic acids is 1. The number of rotatable bonds is 1. The lowest BCUT2D eigenvalue weighted by Crippen LogP contribution is -2.50. The van der Waals surface area contributed by atoms with E-state index < -0.39 is 0 Å². The van der Waals surface area contributed by atoms with Crippen LogP contribution in [0.15, 0.2) is 12.3 Å². The molecule has 0 spiro atoms. The van der Waals surface area contributed by atoms with Gasteiger partial charge in [0.05, 0.1) is 5.92 Å². The monoisotopic (exact) mass is 141 g/mol.